The van der Waals surface area contributed by atoms with E-state index in [-0.39, 0.29) is 17.4 Å². The Balaban J connectivity index is 3.09. The van der Waals surface area contributed by atoms with E-state index in [1.807, 2.05) is 27.7 Å². The van der Waals surface area contributed by atoms with E-state index in [9.17, 15) is 4.79 Å². The molecule has 120 valence electrons. The molecule has 21 heavy (non-hydrogen) atoms. The lowest BCUT2D eigenvalue weighted by atomic mass is 10.2. The molecular formula is C13H23N2O4PS. The van der Waals surface area contributed by atoms with Gasteiger partial charge in [-0.05, 0) is 13.3 Å². The summed E-state index contributed by atoms with van der Waals surface area (Å²) in [5.74, 6) is 0.883. The van der Waals surface area contributed by atoms with Gasteiger partial charge in [0.2, 0.25) is 5.88 Å². The Bertz CT molecular complexity index is 574. The highest BCUT2D eigenvalue weighted by Crippen LogP contribution is 2.49. The monoisotopic (exact) mass is 334 g/mol. The number of rotatable bonds is 8. The van der Waals surface area contributed by atoms with Crippen molar-refractivity contribution in [2.75, 3.05) is 13.2 Å². The van der Waals surface area contributed by atoms with Gasteiger partial charge in [-0.1, -0.05) is 20.8 Å². The molecule has 0 aliphatic carbocycles. The second-order valence-electron chi connectivity index (χ2n) is 4.79. The molecule has 0 saturated heterocycles. The molecule has 1 heterocycles. The minimum atomic E-state index is -2.92. The molecule has 0 saturated carbocycles. The highest BCUT2D eigenvalue weighted by Gasteiger charge is 2.23. The van der Waals surface area contributed by atoms with Crippen LogP contribution in [0.25, 0.3) is 0 Å². The van der Waals surface area contributed by atoms with Crippen molar-refractivity contribution >= 4 is 18.5 Å². The molecule has 0 amide bonds. The molecule has 0 radical (unpaired) electrons. The molecule has 0 N–H and O–H groups in total. The van der Waals surface area contributed by atoms with Gasteiger partial charge in [-0.3, -0.25) is 18.4 Å². The molecule has 8 heteroatoms. The van der Waals surface area contributed by atoms with Crippen LogP contribution in [0.15, 0.2) is 10.9 Å². The van der Waals surface area contributed by atoms with Gasteiger partial charge in [0, 0.05) is 24.8 Å². The van der Waals surface area contributed by atoms with E-state index < -0.39 is 6.72 Å². The molecule has 1 atom stereocenters. The number of hydrogen-bond donors (Lipinski definition) is 0. The van der Waals surface area contributed by atoms with Crippen LogP contribution < -0.4 is 10.1 Å². The minimum absolute atomic E-state index is 0.0905. The SMILES string of the molecule is CCCOP(=S)(OCC)Oc1cc(=O)n(C)c(C(C)C)n1. The van der Waals surface area contributed by atoms with Crippen LogP contribution in [-0.4, -0.2) is 22.8 Å². The first-order chi connectivity index (χ1) is 9.83. The van der Waals surface area contributed by atoms with Gasteiger partial charge in [-0.15, -0.1) is 0 Å². The van der Waals surface area contributed by atoms with Crippen molar-refractivity contribution in [2.45, 2.75) is 40.0 Å². The van der Waals surface area contributed by atoms with Gasteiger partial charge in [0.25, 0.3) is 5.56 Å². The van der Waals surface area contributed by atoms with Gasteiger partial charge in [-0.2, -0.15) is 4.98 Å². The van der Waals surface area contributed by atoms with Crippen molar-refractivity contribution in [2.24, 2.45) is 7.05 Å². The fourth-order valence-electron chi connectivity index (χ4n) is 1.66. The van der Waals surface area contributed by atoms with Crippen molar-refractivity contribution in [1.82, 2.24) is 9.55 Å². The van der Waals surface area contributed by atoms with Crippen LogP contribution in [0.3, 0.4) is 0 Å². The van der Waals surface area contributed by atoms with Crippen LogP contribution in [0, 0.1) is 0 Å². The van der Waals surface area contributed by atoms with Crippen LogP contribution in [0.5, 0.6) is 5.88 Å². The maximum absolute atomic E-state index is 12.0. The molecule has 0 aromatic carbocycles. The van der Waals surface area contributed by atoms with E-state index in [2.05, 4.69) is 4.98 Å². The molecule has 0 fully saturated rings. The smallest absolute Gasteiger partial charge is 0.381 e. The molecule has 0 aliphatic rings. The third kappa shape index (κ3) is 5.18. The zero-order chi connectivity index (χ0) is 16.0. The van der Waals surface area contributed by atoms with Gasteiger partial charge < -0.3 is 4.52 Å². The molecule has 1 unspecified atom stereocenters. The zero-order valence-corrected chi connectivity index (χ0v) is 14.9. The first-order valence-corrected chi connectivity index (χ1v) is 9.55. The second-order valence-corrected chi connectivity index (χ2v) is 7.73. The summed E-state index contributed by atoms with van der Waals surface area (Å²) >= 11 is 5.33. The average Bonchev–Trinajstić information content (AvgIpc) is 2.40. The summed E-state index contributed by atoms with van der Waals surface area (Å²) in [6.45, 7) is 5.60. The van der Waals surface area contributed by atoms with Crippen LogP contribution in [0.4, 0.5) is 0 Å². The summed E-state index contributed by atoms with van der Waals surface area (Å²) in [6, 6.07) is 1.31. The first-order valence-electron chi connectivity index (χ1n) is 6.99. The Hall–Kier alpha value is -0.750. The third-order valence-corrected chi connectivity index (χ3v) is 4.95. The standard InChI is InChI=1S/C13H23N2O4PS/c1-6-8-18-20(21,17-7-2)19-11-9-12(16)15(5)13(14-11)10(3)4/h9-10H,6-8H2,1-5H3. The molecule has 0 bridgehead atoms. The van der Waals surface area contributed by atoms with Crippen molar-refractivity contribution in [3.63, 3.8) is 0 Å². The highest BCUT2D eigenvalue weighted by molar-refractivity contribution is 8.07. The fraction of sp³-hybridized carbons (Fsp3) is 0.692. The summed E-state index contributed by atoms with van der Waals surface area (Å²) in [7, 11) is 1.68. The van der Waals surface area contributed by atoms with E-state index in [1.165, 1.54) is 10.6 Å². The average molecular weight is 334 g/mol. The minimum Gasteiger partial charge on any atom is -0.405 e. The van der Waals surface area contributed by atoms with Gasteiger partial charge in [0.05, 0.1) is 19.3 Å². The molecule has 1 aromatic rings. The Labute approximate surface area is 130 Å². The topological polar surface area (TPSA) is 62.6 Å². The molecular weight excluding hydrogens is 311 g/mol. The largest absolute Gasteiger partial charge is 0.405 e. The van der Waals surface area contributed by atoms with Gasteiger partial charge in [0.15, 0.2) is 0 Å². The summed E-state index contributed by atoms with van der Waals surface area (Å²) in [5, 5.41) is 0. The lowest BCUT2D eigenvalue weighted by Gasteiger charge is -2.21. The fourth-order valence-corrected chi connectivity index (χ4v) is 3.66. The lowest BCUT2D eigenvalue weighted by molar-refractivity contribution is 0.207. The summed E-state index contributed by atoms with van der Waals surface area (Å²) < 4.78 is 18.1. The van der Waals surface area contributed by atoms with E-state index in [0.717, 1.165) is 6.42 Å². The number of nitrogens with zero attached hydrogens (tertiary/aromatic N) is 2. The third-order valence-electron chi connectivity index (χ3n) is 2.61. The van der Waals surface area contributed by atoms with E-state index in [4.69, 9.17) is 25.4 Å². The molecule has 0 spiro atoms. The Morgan fingerprint density at radius 1 is 1.38 bits per heavy atom. The van der Waals surface area contributed by atoms with Crippen molar-refractivity contribution in [3.8, 4) is 5.88 Å². The predicted molar refractivity (Wildman–Crippen MR) is 86.3 cm³/mol. The van der Waals surface area contributed by atoms with Crippen LogP contribution in [-0.2, 0) is 27.9 Å². The van der Waals surface area contributed by atoms with Crippen molar-refractivity contribution in [3.05, 3.63) is 22.2 Å². The number of aromatic nitrogens is 2. The Morgan fingerprint density at radius 3 is 2.57 bits per heavy atom. The molecule has 1 aromatic heterocycles. The lowest BCUT2D eigenvalue weighted by Crippen LogP contribution is -2.22. The van der Waals surface area contributed by atoms with E-state index in [1.54, 1.807) is 7.05 Å². The van der Waals surface area contributed by atoms with Gasteiger partial charge >= 0.3 is 6.72 Å². The summed E-state index contributed by atoms with van der Waals surface area (Å²) in [5.41, 5.74) is -0.197. The molecule has 0 aliphatic heterocycles. The zero-order valence-electron chi connectivity index (χ0n) is 13.2. The van der Waals surface area contributed by atoms with Crippen LogP contribution >= 0.6 is 6.72 Å². The first kappa shape index (κ1) is 18.3. The van der Waals surface area contributed by atoms with Crippen molar-refractivity contribution in [1.29, 1.82) is 0 Å². The van der Waals surface area contributed by atoms with Gasteiger partial charge in [-0.25, -0.2) is 0 Å². The van der Waals surface area contributed by atoms with Crippen LogP contribution in [0.2, 0.25) is 0 Å². The predicted octanol–water partition coefficient (Wildman–Crippen LogP) is 2.97. The molecule has 1 rings (SSSR count). The summed E-state index contributed by atoms with van der Waals surface area (Å²) in [6.07, 6.45) is 0.802. The van der Waals surface area contributed by atoms with E-state index >= 15 is 0 Å². The maximum atomic E-state index is 12.0. The number of hydrogen-bond acceptors (Lipinski definition) is 6. The van der Waals surface area contributed by atoms with Crippen LogP contribution in [0.1, 0.15) is 45.9 Å². The Morgan fingerprint density at radius 2 is 2.05 bits per heavy atom. The molecule has 6 nitrogen and oxygen atoms in total. The normalized spacial score (nSPS) is 14.2. The Kier molecular flexibility index (Phi) is 7.00. The second kappa shape index (κ2) is 8.03. The highest BCUT2D eigenvalue weighted by atomic mass is 32.5. The maximum Gasteiger partial charge on any atom is 0.381 e. The quantitative estimate of drug-likeness (QED) is 0.681. The van der Waals surface area contributed by atoms with Crippen molar-refractivity contribution < 1.29 is 13.6 Å². The summed E-state index contributed by atoms with van der Waals surface area (Å²) in [4.78, 5) is 16.3. The van der Waals surface area contributed by atoms with Gasteiger partial charge in [0.1, 0.15) is 5.82 Å². The van der Waals surface area contributed by atoms with E-state index in [0.29, 0.717) is 19.0 Å².